The molecule has 24 aromatic rings. The van der Waals surface area contributed by atoms with Gasteiger partial charge in [0, 0.05) is 75.6 Å². The van der Waals surface area contributed by atoms with E-state index in [0.717, 1.165) is 110 Å². The number of benzene rings is 20. The fourth-order valence-corrected chi connectivity index (χ4v) is 20.9. The average molecular weight is 1650 g/mol. The number of hydrogen-bond acceptors (Lipinski definition) is 4. The summed E-state index contributed by atoms with van der Waals surface area (Å²) < 4.78 is 93.5. The van der Waals surface area contributed by atoms with Crippen LogP contribution in [-0.4, -0.2) is 9.13 Å². The first-order valence-electron chi connectivity index (χ1n) is 40.9. The number of aromatic nitrogens is 2. The number of fused-ring (bicyclic) bond motifs is 11. The highest BCUT2D eigenvalue weighted by Crippen LogP contribution is 2.50. The summed E-state index contributed by atoms with van der Waals surface area (Å²) in [4.78, 5) is 5.62. The Morgan fingerprint density at radius 3 is 1.24 bits per heavy atom. The van der Waals surface area contributed by atoms with E-state index < -0.39 is 34.6 Å². The smallest absolute Gasteiger partial charge is 0.200 e. The van der Waals surface area contributed by atoms with E-state index in [2.05, 4.69) is 336 Å². The molecule has 0 radical (unpaired) electrons. The molecule has 0 aliphatic carbocycles. The number of nitrogens with zero attached hydrogens (tertiary/aromatic N) is 4. The van der Waals surface area contributed by atoms with Gasteiger partial charge in [0.2, 0.25) is 5.82 Å². The molecule has 0 saturated heterocycles. The SMILES string of the molecule is Fc1c(F)c(F)c(-c2ccc(N(c3ccc4cc(-c5ccc6c(c5)c5ccccc5n6-c5ccccc5)ccc4c3)c3ccc4c(ccc5ccccc54)c3)cc2)c(F)c1F.Fc1cccc(-c2ccc(N(c3ccc(-c4cc5ccc6cccc7ccc(c4)c5c67)cc3)c3cc4sc(-c5ccc6c(c5)c5ccccc5n6-c5ccccc5)cc4s3)cc2)c1. The Labute approximate surface area is 715 Å². The number of thiophene rings is 2. The van der Waals surface area contributed by atoms with Crippen LogP contribution in [0.4, 0.5) is 59.8 Å². The van der Waals surface area contributed by atoms with Gasteiger partial charge in [0.05, 0.1) is 27.6 Å². The first kappa shape index (κ1) is 73.8. The molecule has 0 fully saturated rings. The van der Waals surface area contributed by atoms with Crippen molar-refractivity contribution in [3.05, 3.63) is 435 Å². The van der Waals surface area contributed by atoms with Crippen LogP contribution in [0.15, 0.2) is 400 Å². The van der Waals surface area contributed by atoms with Gasteiger partial charge in [0.1, 0.15) is 10.8 Å². The highest BCUT2D eigenvalue weighted by Gasteiger charge is 2.28. The van der Waals surface area contributed by atoms with Crippen LogP contribution in [0.25, 0.3) is 184 Å². The minimum atomic E-state index is -2.19. The van der Waals surface area contributed by atoms with Gasteiger partial charge in [-0.05, 0) is 273 Å². The van der Waals surface area contributed by atoms with Gasteiger partial charge in [-0.2, -0.15) is 0 Å². The molecule has 0 amide bonds. The zero-order valence-corrected chi connectivity index (χ0v) is 67.6. The third-order valence-corrected chi connectivity index (χ3v) is 26.6. The molecule has 0 unspecified atom stereocenters. The van der Waals surface area contributed by atoms with E-state index in [1.807, 2.05) is 64.0 Å². The Morgan fingerprint density at radius 2 is 0.613 bits per heavy atom. The molecule has 0 N–H and O–H groups in total. The van der Waals surface area contributed by atoms with Crippen LogP contribution in [0.3, 0.4) is 0 Å². The second-order valence-corrected chi connectivity index (χ2v) is 33.6. The molecule has 0 aliphatic rings. The van der Waals surface area contributed by atoms with Crippen molar-refractivity contribution in [2.45, 2.75) is 0 Å². The molecule has 0 bridgehead atoms. The summed E-state index contributed by atoms with van der Waals surface area (Å²) in [7, 11) is 0. The van der Waals surface area contributed by atoms with Crippen LogP contribution in [-0.2, 0) is 0 Å². The standard InChI is InChI=1S/C58H35FN2S2.C54H31F5N2/c59-45-11-7-10-40(32-45)36-20-25-47(26-21-36)60(48-27-22-37(23-28-48)44-30-42-18-16-38-8-6-9-39-17-19-43(31-44)58(42)57(38)39)56-35-55-54(63-56)34-53(62-55)41-24-29-52-50(33-41)49-14-4-5-15-51(49)61(52)46-12-2-1-3-13-46;55-50-49(51(56)53(58)54(59)52(50)57)33-18-22-40(23-19-33)60(42-25-26-44-38(30-42)17-14-32-8-4-5-11-43(32)44)41-24-20-35-28-34(15-16-36(35)29-41)37-21-27-48-46(31-37)45-12-6-7-13-47(45)61(48)39-9-2-1-3-10-39/h1-35H;1-31H. The molecule has 124 heavy (non-hydrogen) atoms. The predicted molar refractivity (Wildman–Crippen MR) is 507 cm³/mol. The fraction of sp³-hybridized carbons (Fsp3) is 0. The van der Waals surface area contributed by atoms with Crippen molar-refractivity contribution in [3.8, 4) is 66.3 Å². The van der Waals surface area contributed by atoms with Crippen molar-refractivity contribution in [2.75, 3.05) is 9.80 Å². The van der Waals surface area contributed by atoms with E-state index in [4.69, 9.17) is 0 Å². The number of halogens is 6. The second kappa shape index (κ2) is 29.8. The average Bonchev–Trinajstić information content (AvgIpc) is 1.53. The number of para-hydroxylation sites is 4. The normalized spacial score (nSPS) is 11.8. The predicted octanol–water partition coefficient (Wildman–Crippen LogP) is 33.3. The fourth-order valence-electron chi connectivity index (χ4n) is 18.4. The quantitative estimate of drug-likeness (QED) is 0.0495. The van der Waals surface area contributed by atoms with Crippen molar-refractivity contribution >= 4 is 174 Å². The van der Waals surface area contributed by atoms with E-state index >= 15 is 0 Å². The van der Waals surface area contributed by atoms with Crippen LogP contribution < -0.4 is 9.80 Å². The van der Waals surface area contributed by atoms with Crippen molar-refractivity contribution < 1.29 is 26.3 Å². The molecule has 12 heteroatoms. The minimum absolute atomic E-state index is 0.143. The zero-order chi connectivity index (χ0) is 83.0. The maximum absolute atomic E-state index is 14.9. The van der Waals surface area contributed by atoms with Crippen molar-refractivity contribution in [1.82, 2.24) is 9.13 Å². The molecule has 4 heterocycles. The number of hydrogen-bond donors (Lipinski definition) is 0. The lowest BCUT2D eigenvalue weighted by molar-refractivity contribution is 0.381. The van der Waals surface area contributed by atoms with Gasteiger partial charge in [0.15, 0.2) is 23.3 Å². The summed E-state index contributed by atoms with van der Waals surface area (Å²) in [6.07, 6.45) is 0. The Bertz CT molecular complexity index is 8260. The summed E-state index contributed by atoms with van der Waals surface area (Å²) in [6, 6.07) is 138. The molecule has 0 spiro atoms. The minimum Gasteiger partial charge on any atom is -0.310 e. The molecular formula is C112H66F6N4S2. The third kappa shape index (κ3) is 12.6. The summed E-state index contributed by atoms with van der Waals surface area (Å²) in [6.45, 7) is 0. The van der Waals surface area contributed by atoms with Crippen molar-refractivity contribution in [2.24, 2.45) is 0 Å². The van der Waals surface area contributed by atoms with Crippen LogP contribution in [0.5, 0.6) is 0 Å². The topological polar surface area (TPSA) is 16.3 Å². The monoisotopic (exact) mass is 1640 g/mol. The lowest BCUT2D eigenvalue weighted by Gasteiger charge is -2.26. The van der Waals surface area contributed by atoms with Gasteiger partial charge in [-0.25, -0.2) is 26.3 Å². The Balaban J connectivity index is 0.000000143. The lowest BCUT2D eigenvalue weighted by atomic mass is 9.91. The van der Waals surface area contributed by atoms with Crippen LogP contribution in [0.2, 0.25) is 0 Å². The van der Waals surface area contributed by atoms with Gasteiger partial charge >= 0.3 is 0 Å². The Hall–Kier alpha value is -15.3. The van der Waals surface area contributed by atoms with Gasteiger partial charge < -0.3 is 18.9 Å². The second-order valence-electron chi connectivity index (χ2n) is 31.5. The van der Waals surface area contributed by atoms with E-state index in [1.165, 1.54) is 109 Å². The summed E-state index contributed by atoms with van der Waals surface area (Å²) in [5, 5.41) is 20.1. The molecule has 4 nitrogen and oxygen atoms in total. The third-order valence-electron chi connectivity index (χ3n) is 24.3. The van der Waals surface area contributed by atoms with Crippen molar-refractivity contribution in [3.63, 3.8) is 0 Å². The summed E-state index contributed by atoms with van der Waals surface area (Å²) in [5.74, 6) is -10.2. The van der Waals surface area contributed by atoms with E-state index in [9.17, 15) is 26.3 Å². The summed E-state index contributed by atoms with van der Waals surface area (Å²) >= 11 is 3.65. The maximum atomic E-state index is 14.9. The molecule has 4 aromatic heterocycles. The van der Waals surface area contributed by atoms with Crippen LogP contribution >= 0.6 is 22.7 Å². The maximum Gasteiger partial charge on any atom is 0.200 e. The molecule has 588 valence electrons. The highest BCUT2D eigenvalue weighted by molar-refractivity contribution is 7.31. The Morgan fingerprint density at radius 1 is 0.210 bits per heavy atom. The first-order chi connectivity index (χ1) is 60.9. The summed E-state index contributed by atoms with van der Waals surface area (Å²) in [5.41, 5.74) is 17.8. The van der Waals surface area contributed by atoms with Gasteiger partial charge in [-0.15, -0.1) is 22.7 Å². The first-order valence-corrected chi connectivity index (χ1v) is 42.6. The van der Waals surface area contributed by atoms with Crippen molar-refractivity contribution in [1.29, 1.82) is 0 Å². The van der Waals surface area contributed by atoms with Crippen LogP contribution in [0.1, 0.15) is 0 Å². The molecule has 0 aliphatic heterocycles. The molecule has 0 atom stereocenters. The van der Waals surface area contributed by atoms with Gasteiger partial charge in [-0.3, -0.25) is 0 Å². The van der Waals surface area contributed by atoms with E-state index in [-0.39, 0.29) is 11.4 Å². The molecular weight excluding hydrogens is 1580 g/mol. The van der Waals surface area contributed by atoms with Gasteiger partial charge in [0.25, 0.3) is 0 Å². The van der Waals surface area contributed by atoms with E-state index in [0.29, 0.717) is 5.69 Å². The molecule has 0 saturated carbocycles. The number of anilines is 6. The van der Waals surface area contributed by atoms with Gasteiger partial charge in [-0.1, -0.05) is 237 Å². The zero-order valence-electron chi connectivity index (χ0n) is 66.0. The Kier molecular flexibility index (Phi) is 17.7. The molecule has 20 aromatic carbocycles. The van der Waals surface area contributed by atoms with E-state index in [1.54, 1.807) is 24.3 Å². The molecule has 24 rings (SSSR count). The highest BCUT2D eigenvalue weighted by atomic mass is 32.1. The lowest BCUT2D eigenvalue weighted by Crippen LogP contribution is -2.10. The largest absolute Gasteiger partial charge is 0.310 e. The number of rotatable bonds is 13. The van der Waals surface area contributed by atoms with Crippen LogP contribution in [0, 0.1) is 34.9 Å².